The summed E-state index contributed by atoms with van der Waals surface area (Å²) in [6, 6.07) is 0. The molecule has 1 atom stereocenters. The molecule has 0 aliphatic carbocycles. The lowest BCUT2D eigenvalue weighted by Crippen LogP contribution is -1.76. The molecule has 0 saturated heterocycles. The molecule has 10 heavy (non-hydrogen) atoms. The van der Waals surface area contributed by atoms with Crippen LogP contribution in [0.4, 0.5) is 0 Å². The van der Waals surface area contributed by atoms with Crippen molar-refractivity contribution in [3.8, 4) is 0 Å². The van der Waals surface area contributed by atoms with Crippen molar-refractivity contribution in [1.82, 2.24) is 0 Å². The molecule has 6 heteroatoms. The second kappa shape index (κ2) is 7.29. The largest absolute Gasteiger partial charge is 0.346 e. The molecule has 0 heterocycles. The smallest absolute Gasteiger partial charge is 0.244 e. The number of carbonyl (C=O) groups excluding carboxylic acids is 1. The predicted molar refractivity (Wildman–Crippen MR) is 43.3 cm³/mol. The molecule has 60 valence electrons. The van der Waals surface area contributed by atoms with E-state index < -0.39 is 13.3 Å². The van der Waals surface area contributed by atoms with Gasteiger partial charge >= 0.3 is 0 Å². The summed E-state index contributed by atoms with van der Waals surface area (Å²) in [7, 11) is -2.48. The number of allylic oxidation sites excluding steroid dienone is 2. The van der Waals surface area contributed by atoms with E-state index in [1.165, 1.54) is 6.08 Å². The summed E-state index contributed by atoms with van der Waals surface area (Å²) in [5, 5.41) is -0.627. The van der Waals surface area contributed by atoms with Crippen LogP contribution in [0.25, 0.3) is 0 Å². The van der Waals surface area contributed by atoms with Gasteiger partial charge in [0.05, 0.1) is 0 Å². The maximum absolute atomic E-state index is 9.96. The molecule has 0 amide bonds. The van der Waals surface area contributed by atoms with E-state index in [9.17, 15) is 9.36 Å². The highest BCUT2D eigenvalue weighted by Gasteiger charge is 1.87. The molecule has 0 bridgehead atoms. The molecule has 0 fully saturated rings. The van der Waals surface area contributed by atoms with Gasteiger partial charge in [-0.15, -0.1) is 12.4 Å². The topological polar surface area (TPSA) is 54.4 Å². The summed E-state index contributed by atoms with van der Waals surface area (Å²) in [4.78, 5) is 18.1. The molecule has 3 nitrogen and oxygen atoms in total. The number of carbonyl (C=O) groups is 1. The van der Waals surface area contributed by atoms with Crippen molar-refractivity contribution in [1.29, 1.82) is 0 Å². The van der Waals surface area contributed by atoms with Crippen molar-refractivity contribution in [2.75, 3.05) is 6.16 Å². The van der Waals surface area contributed by atoms with Crippen molar-refractivity contribution in [2.24, 2.45) is 0 Å². The fraction of sp³-hybridized carbons (Fsp3) is 0.250. The van der Waals surface area contributed by atoms with Crippen molar-refractivity contribution in [3.63, 3.8) is 0 Å². The third-order valence-corrected chi connectivity index (χ3v) is 1.25. The molecular formula is C4H7Cl2O3P. The summed E-state index contributed by atoms with van der Waals surface area (Å²) < 4.78 is 9.96. The lowest BCUT2D eigenvalue weighted by atomic mass is 10.6. The minimum absolute atomic E-state index is 0. The third-order valence-electron chi connectivity index (χ3n) is 0.541. The van der Waals surface area contributed by atoms with Gasteiger partial charge in [-0.05, 0) is 17.7 Å². The average Bonchev–Trinajstić information content (AvgIpc) is 1.63. The van der Waals surface area contributed by atoms with Crippen LogP contribution in [0.15, 0.2) is 12.2 Å². The van der Waals surface area contributed by atoms with Crippen LogP contribution in [0.3, 0.4) is 0 Å². The number of rotatable bonds is 3. The van der Waals surface area contributed by atoms with E-state index in [4.69, 9.17) is 16.5 Å². The molecule has 0 aromatic rings. The molecule has 0 aromatic carbocycles. The lowest BCUT2D eigenvalue weighted by molar-refractivity contribution is -0.107. The maximum atomic E-state index is 9.96. The van der Waals surface area contributed by atoms with Gasteiger partial charge in [0.15, 0.2) is 8.03 Å². The van der Waals surface area contributed by atoms with Gasteiger partial charge in [-0.25, -0.2) is 0 Å². The normalized spacial score (nSPS) is 12.6. The van der Waals surface area contributed by atoms with Gasteiger partial charge in [-0.3, -0.25) is 9.36 Å². The lowest BCUT2D eigenvalue weighted by Gasteiger charge is -1.81. The number of halogens is 2. The van der Waals surface area contributed by atoms with E-state index in [-0.39, 0.29) is 18.6 Å². The van der Waals surface area contributed by atoms with Crippen LogP contribution in [-0.2, 0) is 9.36 Å². The van der Waals surface area contributed by atoms with E-state index in [0.717, 1.165) is 6.08 Å². The Kier molecular flexibility index (Phi) is 9.35. The zero-order valence-corrected chi connectivity index (χ0v) is 7.48. The molecule has 0 aliphatic rings. The highest BCUT2D eigenvalue weighted by Crippen LogP contribution is 2.11. The molecule has 0 saturated carbocycles. The van der Waals surface area contributed by atoms with Gasteiger partial charge in [-0.2, -0.15) is 0 Å². The summed E-state index contributed by atoms with van der Waals surface area (Å²) >= 11 is 4.86. The molecule has 1 unspecified atom stereocenters. The average molecular weight is 205 g/mol. The van der Waals surface area contributed by atoms with Crippen LogP contribution in [-0.4, -0.2) is 16.3 Å². The third kappa shape index (κ3) is 11.0. The van der Waals surface area contributed by atoms with Gasteiger partial charge in [-0.1, -0.05) is 6.08 Å². The van der Waals surface area contributed by atoms with Crippen LogP contribution in [0, 0.1) is 0 Å². The Labute approximate surface area is 70.3 Å². The Morgan fingerprint density at radius 1 is 1.70 bits per heavy atom. The molecule has 0 aliphatic heterocycles. The first-order valence-electron chi connectivity index (χ1n) is 2.20. The van der Waals surface area contributed by atoms with Crippen molar-refractivity contribution in [3.05, 3.63) is 12.2 Å². The Morgan fingerprint density at radius 3 is 2.50 bits per heavy atom. The molecule has 0 rings (SSSR count). The first kappa shape index (κ1) is 12.8. The highest BCUT2D eigenvalue weighted by atomic mass is 35.5. The number of hydrogen-bond donors (Lipinski definition) is 1. The first-order valence-corrected chi connectivity index (χ1v) is 4.15. The zero-order chi connectivity index (χ0) is 7.28. The second-order valence-electron chi connectivity index (χ2n) is 1.30. The second-order valence-corrected chi connectivity index (χ2v) is 2.87. The Balaban J connectivity index is 0. The van der Waals surface area contributed by atoms with Crippen molar-refractivity contribution in [2.45, 2.75) is 0 Å². The molecule has 0 aromatic heterocycles. The van der Waals surface area contributed by atoms with E-state index >= 15 is 0 Å². The predicted octanol–water partition coefficient (Wildman–Crippen LogP) is 1.20. The van der Waals surface area contributed by atoms with E-state index in [0.29, 0.717) is 0 Å². The van der Waals surface area contributed by atoms with Crippen LogP contribution in [0.5, 0.6) is 0 Å². The minimum atomic E-state index is -2.48. The molecule has 0 radical (unpaired) electrons. The Morgan fingerprint density at radius 2 is 2.20 bits per heavy atom. The van der Waals surface area contributed by atoms with Crippen LogP contribution in [0.1, 0.15) is 0 Å². The summed E-state index contributed by atoms with van der Waals surface area (Å²) in [5.41, 5.74) is 0. The van der Waals surface area contributed by atoms with Crippen LogP contribution >= 0.6 is 32.0 Å². The first-order chi connectivity index (χ1) is 4.13. The molecular weight excluding hydrogens is 198 g/mol. The number of hydrogen-bond acceptors (Lipinski definition) is 2. The monoisotopic (exact) mass is 204 g/mol. The van der Waals surface area contributed by atoms with Crippen LogP contribution < -0.4 is 0 Å². The summed E-state index contributed by atoms with van der Waals surface area (Å²) in [5.74, 6) is 0. The molecule has 1 N–H and O–H groups in total. The fourth-order valence-electron chi connectivity index (χ4n) is 0.252. The summed E-state index contributed by atoms with van der Waals surface area (Å²) in [6.07, 6.45) is 2.35. The van der Waals surface area contributed by atoms with Gasteiger partial charge in [0.1, 0.15) is 0 Å². The highest BCUT2D eigenvalue weighted by molar-refractivity contribution is 7.38. The van der Waals surface area contributed by atoms with Gasteiger partial charge in [0.25, 0.3) is 0 Å². The van der Waals surface area contributed by atoms with Crippen LogP contribution in [0.2, 0.25) is 0 Å². The van der Waals surface area contributed by atoms with Crippen molar-refractivity contribution >= 4 is 37.3 Å². The fourth-order valence-corrected chi connectivity index (χ4v) is 0.661. The van der Waals surface area contributed by atoms with E-state index in [1.54, 1.807) is 0 Å². The van der Waals surface area contributed by atoms with Crippen molar-refractivity contribution < 1.29 is 14.3 Å². The standard InChI is InChI=1S/C4H6ClO3P.ClH/c5-4(6)2-1-3-9(7)8;/h1-2,9H,3H2,(H,7,8);1H. The van der Waals surface area contributed by atoms with Gasteiger partial charge < -0.3 is 4.89 Å². The Bertz CT molecular complexity index is 157. The van der Waals surface area contributed by atoms with E-state index in [1.807, 2.05) is 0 Å². The van der Waals surface area contributed by atoms with Gasteiger partial charge in [0, 0.05) is 6.16 Å². The quantitative estimate of drug-likeness (QED) is 0.427. The maximum Gasteiger partial charge on any atom is 0.244 e. The van der Waals surface area contributed by atoms with E-state index in [2.05, 4.69) is 0 Å². The zero-order valence-electron chi connectivity index (χ0n) is 4.91. The summed E-state index contributed by atoms with van der Waals surface area (Å²) in [6.45, 7) is 0. The van der Waals surface area contributed by atoms with Gasteiger partial charge in [0.2, 0.25) is 5.24 Å². The Hall–Kier alpha value is 0.180. The SMILES string of the molecule is Cl.O=C(Cl)C=CC[PH](=O)O. The minimum Gasteiger partial charge on any atom is -0.346 e. The molecule has 0 spiro atoms.